The van der Waals surface area contributed by atoms with E-state index >= 15 is 0 Å². The van der Waals surface area contributed by atoms with Gasteiger partial charge < -0.3 is 15.6 Å². The maximum absolute atomic E-state index is 13.2. The van der Waals surface area contributed by atoms with Crippen LogP contribution >= 0.6 is 12.4 Å². The van der Waals surface area contributed by atoms with Gasteiger partial charge in [-0.2, -0.15) is 13.2 Å². The van der Waals surface area contributed by atoms with Gasteiger partial charge in [0.1, 0.15) is 12.1 Å². The molecule has 4 heterocycles. The van der Waals surface area contributed by atoms with Crippen LogP contribution in [0.3, 0.4) is 0 Å². The van der Waals surface area contributed by atoms with Gasteiger partial charge in [-0.3, -0.25) is 4.90 Å². The maximum Gasteiger partial charge on any atom is 0.433 e. The number of aromatic amines is 1. The Bertz CT molecular complexity index is 1320. The number of fused-ring (bicyclic) bond motifs is 1. The molecule has 3 N–H and O–H groups in total. The summed E-state index contributed by atoms with van der Waals surface area (Å²) < 4.78 is 39.7. The Hall–Kier alpha value is -3.28. The fourth-order valence-corrected chi connectivity index (χ4v) is 4.13. The fraction of sp³-hybridized carbons (Fsp3) is 0.304. The Morgan fingerprint density at radius 1 is 1.06 bits per heavy atom. The highest BCUT2D eigenvalue weighted by Gasteiger charge is 2.35. The fourth-order valence-electron chi connectivity index (χ4n) is 4.13. The first-order valence-electron chi connectivity index (χ1n) is 10.9. The van der Waals surface area contributed by atoms with Gasteiger partial charge in [-0.25, -0.2) is 19.9 Å². The van der Waals surface area contributed by atoms with Crippen LogP contribution in [0.15, 0.2) is 42.9 Å². The number of imidazole rings is 1. The highest BCUT2D eigenvalue weighted by molar-refractivity contribution is 5.85. The van der Waals surface area contributed by atoms with Crippen LogP contribution in [-0.2, 0) is 12.7 Å². The topological polar surface area (TPSA) is 94.7 Å². The third-order valence-electron chi connectivity index (χ3n) is 5.79. The lowest BCUT2D eigenvalue weighted by Crippen LogP contribution is -2.42. The minimum atomic E-state index is -4.54. The van der Waals surface area contributed by atoms with Gasteiger partial charge in [0, 0.05) is 50.0 Å². The van der Waals surface area contributed by atoms with E-state index in [-0.39, 0.29) is 23.7 Å². The molecule has 0 bridgehead atoms. The van der Waals surface area contributed by atoms with Crippen molar-refractivity contribution in [3.8, 4) is 11.3 Å². The van der Waals surface area contributed by atoms with Gasteiger partial charge in [0.05, 0.1) is 16.7 Å². The Kier molecular flexibility index (Phi) is 7.20. The summed E-state index contributed by atoms with van der Waals surface area (Å²) in [7, 11) is 0. The molecule has 0 atom stereocenters. The van der Waals surface area contributed by atoms with Gasteiger partial charge in [0.2, 0.25) is 5.95 Å². The first-order valence-corrected chi connectivity index (χ1v) is 10.9. The van der Waals surface area contributed by atoms with Crippen LogP contribution in [0.5, 0.6) is 0 Å². The van der Waals surface area contributed by atoms with Crippen molar-refractivity contribution in [1.29, 1.82) is 0 Å². The molecule has 1 aliphatic heterocycles. The summed E-state index contributed by atoms with van der Waals surface area (Å²) in [6, 6.07) is 9.17. The second kappa shape index (κ2) is 10.1. The lowest BCUT2D eigenvalue weighted by atomic mass is 10.0. The standard InChI is InChI=1S/C23H23F3N8.ClH/c1-14-20(29-13-30-21(14)23(24,25)26)16-2-3-17-18(11-16)32-22(31-17)33-19-10-15(4-5-28-19)12-34-8-6-27-7-9-34;/h2-5,10-11,13,27H,6-9,12H2,1H3,(H2,28,31,32,33);1H. The first-order chi connectivity index (χ1) is 16.4. The summed E-state index contributed by atoms with van der Waals surface area (Å²) in [5.41, 5.74) is 2.32. The molecule has 1 fully saturated rings. The number of piperazine rings is 1. The Morgan fingerprint density at radius 2 is 1.86 bits per heavy atom. The molecule has 0 radical (unpaired) electrons. The molecule has 0 spiro atoms. The SMILES string of the molecule is Cc1c(-c2ccc3nc(Nc4cc(CN5CCNCC5)ccn4)[nH]c3c2)ncnc1C(F)(F)F.Cl. The largest absolute Gasteiger partial charge is 0.433 e. The van der Waals surface area contributed by atoms with Crippen LogP contribution < -0.4 is 10.6 Å². The van der Waals surface area contributed by atoms with Crippen molar-refractivity contribution in [2.75, 3.05) is 31.5 Å². The molecule has 184 valence electrons. The molecule has 0 saturated carbocycles. The van der Waals surface area contributed by atoms with Gasteiger partial charge in [0.25, 0.3) is 0 Å². The molecule has 12 heteroatoms. The van der Waals surface area contributed by atoms with Crippen molar-refractivity contribution < 1.29 is 13.2 Å². The zero-order valence-corrected chi connectivity index (χ0v) is 19.7. The van der Waals surface area contributed by atoms with E-state index in [9.17, 15) is 13.2 Å². The molecule has 0 unspecified atom stereocenters. The summed E-state index contributed by atoms with van der Waals surface area (Å²) in [4.78, 5) is 22.0. The van der Waals surface area contributed by atoms with E-state index in [0.717, 1.165) is 44.6 Å². The number of hydrogen-bond acceptors (Lipinski definition) is 7. The average Bonchev–Trinajstić information content (AvgIpc) is 3.21. The number of alkyl halides is 3. The molecule has 4 aromatic rings. The van der Waals surface area contributed by atoms with E-state index in [2.05, 4.69) is 40.5 Å². The van der Waals surface area contributed by atoms with Gasteiger partial charge in [-0.15, -0.1) is 12.4 Å². The summed E-state index contributed by atoms with van der Waals surface area (Å²) in [5, 5.41) is 6.54. The molecule has 0 aliphatic carbocycles. The van der Waals surface area contributed by atoms with Gasteiger partial charge in [-0.05, 0) is 36.8 Å². The summed E-state index contributed by atoms with van der Waals surface area (Å²) >= 11 is 0. The number of hydrogen-bond donors (Lipinski definition) is 3. The molecule has 8 nitrogen and oxygen atoms in total. The van der Waals surface area contributed by atoms with Crippen molar-refractivity contribution in [3.05, 3.63) is 59.7 Å². The zero-order chi connectivity index (χ0) is 23.7. The Morgan fingerprint density at radius 3 is 2.63 bits per heavy atom. The molecular formula is C23H24ClF3N8. The van der Waals surface area contributed by atoms with Gasteiger partial charge in [0.15, 0.2) is 5.69 Å². The highest BCUT2D eigenvalue weighted by Crippen LogP contribution is 2.34. The maximum atomic E-state index is 13.2. The van der Waals surface area contributed by atoms with Crippen LogP contribution in [0.2, 0.25) is 0 Å². The number of nitrogens with one attached hydrogen (secondary N) is 3. The van der Waals surface area contributed by atoms with Crippen molar-refractivity contribution in [3.63, 3.8) is 0 Å². The van der Waals surface area contributed by atoms with Gasteiger partial charge >= 0.3 is 6.18 Å². The molecular weight excluding hydrogens is 481 g/mol. The number of halogens is 4. The second-order valence-corrected chi connectivity index (χ2v) is 8.21. The third kappa shape index (κ3) is 5.53. The number of pyridine rings is 1. The van der Waals surface area contributed by atoms with E-state index in [1.807, 2.05) is 12.1 Å². The van der Waals surface area contributed by atoms with Crippen molar-refractivity contribution in [1.82, 2.24) is 35.1 Å². The van der Waals surface area contributed by atoms with E-state index in [1.165, 1.54) is 6.92 Å². The van der Waals surface area contributed by atoms with Crippen LogP contribution in [0.25, 0.3) is 22.3 Å². The molecule has 0 amide bonds. The molecule has 1 aromatic carbocycles. The number of H-pyrrole nitrogens is 1. The normalized spacial score (nSPS) is 14.6. The van der Waals surface area contributed by atoms with Gasteiger partial charge in [-0.1, -0.05) is 6.07 Å². The molecule has 5 rings (SSSR count). The van der Waals surface area contributed by atoms with Crippen LogP contribution in [-0.4, -0.2) is 56.0 Å². The number of nitrogens with zero attached hydrogens (tertiary/aromatic N) is 5. The van der Waals surface area contributed by atoms with Crippen LogP contribution in [0.1, 0.15) is 16.8 Å². The predicted octanol–water partition coefficient (Wildman–Crippen LogP) is 4.31. The summed E-state index contributed by atoms with van der Waals surface area (Å²) in [6.07, 6.45) is -1.84. The molecule has 35 heavy (non-hydrogen) atoms. The molecule has 1 saturated heterocycles. The monoisotopic (exact) mass is 504 g/mol. The van der Waals surface area contributed by atoms with Crippen molar-refractivity contribution in [2.45, 2.75) is 19.6 Å². The molecule has 1 aliphatic rings. The summed E-state index contributed by atoms with van der Waals surface area (Å²) in [5.74, 6) is 1.16. The molecule has 3 aromatic heterocycles. The van der Waals surface area contributed by atoms with Crippen molar-refractivity contribution >= 4 is 35.2 Å². The van der Waals surface area contributed by atoms with Crippen LogP contribution in [0.4, 0.5) is 24.9 Å². The smallest absolute Gasteiger partial charge is 0.324 e. The van der Waals surface area contributed by atoms with Crippen molar-refractivity contribution in [2.24, 2.45) is 0 Å². The van der Waals surface area contributed by atoms with Crippen LogP contribution in [0, 0.1) is 6.92 Å². The highest BCUT2D eigenvalue weighted by atomic mass is 35.5. The number of benzene rings is 1. The Balaban J connectivity index is 0.00000289. The second-order valence-electron chi connectivity index (χ2n) is 8.21. The lowest BCUT2D eigenvalue weighted by Gasteiger charge is -2.27. The van der Waals surface area contributed by atoms with E-state index in [1.54, 1.807) is 24.4 Å². The average molecular weight is 505 g/mol. The lowest BCUT2D eigenvalue weighted by molar-refractivity contribution is -0.141. The minimum Gasteiger partial charge on any atom is -0.324 e. The van der Waals surface area contributed by atoms with E-state index in [0.29, 0.717) is 28.4 Å². The predicted molar refractivity (Wildman–Crippen MR) is 130 cm³/mol. The number of rotatable bonds is 5. The minimum absolute atomic E-state index is 0. The number of aromatic nitrogens is 5. The summed E-state index contributed by atoms with van der Waals surface area (Å²) in [6.45, 7) is 6.22. The third-order valence-corrected chi connectivity index (χ3v) is 5.79. The van der Waals surface area contributed by atoms with E-state index in [4.69, 9.17) is 0 Å². The quantitative estimate of drug-likeness (QED) is 0.373. The Labute approximate surface area is 205 Å². The first kappa shape index (κ1) is 24.8. The van der Waals surface area contributed by atoms with E-state index < -0.39 is 11.9 Å². The number of anilines is 2. The zero-order valence-electron chi connectivity index (χ0n) is 18.9.